The molecule has 0 spiro atoms. The first-order chi connectivity index (χ1) is 17.0. The third-order valence-electron chi connectivity index (χ3n) is 4.87. The van der Waals surface area contributed by atoms with Crippen molar-refractivity contribution in [2.45, 2.75) is 12.6 Å². The van der Waals surface area contributed by atoms with Gasteiger partial charge in [0.25, 0.3) is 0 Å². The Morgan fingerprint density at radius 2 is 1.58 bits per heavy atom. The number of rotatable bonds is 7. The van der Waals surface area contributed by atoms with Crippen LogP contribution >= 0.6 is 34.8 Å². The first-order valence-electron chi connectivity index (χ1n) is 10.5. The molecule has 0 aliphatic carbocycles. The molecule has 0 saturated heterocycles. The van der Waals surface area contributed by atoms with Crippen LogP contribution < -0.4 is 20.9 Å². The molecule has 190 valence electrons. The first-order valence-corrected chi connectivity index (χ1v) is 11.7. The Morgan fingerprint density at radius 1 is 0.889 bits per heavy atom. The van der Waals surface area contributed by atoms with Crippen molar-refractivity contribution in [1.82, 2.24) is 5.32 Å². The highest BCUT2D eigenvalue weighted by Crippen LogP contribution is 2.32. The summed E-state index contributed by atoms with van der Waals surface area (Å²) in [5.74, 6) is 0. The summed E-state index contributed by atoms with van der Waals surface area (Å²) in [6.45, 7) is 0.132. The van der Waals surface area contributed by atoms with Crippen molar-refractivity contribution in [2.24, 2.45) is 0 Å². The lowest BCUT2D eigenvalue weighted by molar-refractivity contribution is -0.137. The molecule has 36 heavy (non-hydrogen) atoms. The number of nitrogens with zero attached hydrogens (tertiary/aromatic N) is 1. The number of urea groups is 2. The lowest BCUT2D eigenvalue weighted by atomic mass is 10.1. The molecular weight excluding hydrogens is 540 g/mol. The number of benzene rings is 3. The van der Waals surface area contributed by atoms with E-state index in [1.807, 2.05) is 0 Å². The fourth-order valence-electron chi connectivity index (χ4n) is 3.13. The summed E-state index contributed by atoms with van der Waals surface area (Å²) >= 11 is 17.8. The van der Waals surface area contributed by atoms with Crippen molar-refractivity contribution in [3.8, 4) is 0 Å². The number of amides is 4. The third kappa shape index (κ3) is 7.68. The predicted octanol–water partition coefficient (Wildman–Crippen LogP) is 7.92. The Labute approximate surface area is 220 Å². The van der Waals surface area contributed by atoms with Gasteiger partial charge in [0.1, 0.15) is 0 Å². The molecule has 0 heterocycles. The minimum Gasteiger partial charge on any atom is -0.338 e. The second-order valence-electron chi connectivity index (χ2n) is 7.47. The van der Waals surface area contributed by atoms with Crippen LogP contribution in [0.4, 0.5) is 39.8 Å². The van der Waals surface area contributed by atoms with Gasteiger partial charge in [-0.05, 0) is 61.0 Å². The summed E-state index contributed by atoms with van der Waals surface area (Å²) in [6.07, 6.45) is -4.34. The highest BCUT2D eigenvalue weighted by Gasteiger charge is 2.31. The van der Waals surface area contributed by atoms with Gasteiger partial charge in [0.15, 0.2) is 0 Å². The zero-order valence-electron chi connectivity index (χ0n) is 18.5. The van der Waals surface area contributed by atoms with Gasteiger partial charge in [-0.2, -0.15) is 13.2 Å². The van der Waals surface area contributed by atoms with Crippen LogP contribution in [0.25, 0.3) is 0 Å². The van der Waals surface area contributed by atoms with Crippen LogP contribution in [0.15, 0.2) is 66.7 Å². The summed E-state index contributed by atoms with van der Waals surface area (Å²) in [7, 11) is 0. The molecule has 6 nitrogen and oxygen atoms in total. The molecule has 0 aliphatic rings. The summed E-state index contributed by atoms with van der Waals surface area (Å²) in [5, 5.41) is 8.73. The standard InChI is InChI=1S/C24H20Cl3F3N4O2/c25-16-8-10-17(11-9-16)32-23(36)34(18-5-1-4-15(14-18)24(28,29)30)13-3-12-31-22(35)33-20-7-2-6-19(26)21(20)27/h1-2,4-11,14H,3,12-13H2,(H,32,36)(H2,31,33,35). The molecule has 3 rings (SSSR count). The van der Waals surface area contributed by atoms with Gasteiger partial charge >= 0.3 is 18.2 Å². The van der Waals surface area contributed by atoms with E-state index in [0.29, 0.717) is 16.4 Å². The van der Waals surface area contributed by atoms with Crippen LogP contribution in [0.1, 0.15) is 12.0 Å². The largest absolute Gasteiger partial charge is 0.416 e. The SMILES string of the molecule is O=C(NCCCN(C(=O)Nc1ccc(Cl)cc1)c1cccc(C(F)(F)F)c1)Nc1cccc(Cl)c1Cl. The van der Waals surface area contributed by atoms with Gasteiger partial charge in [-0.1, -0.05) is 46.9 Å². The predicted molar refractivity (Wildman–Crippen MR) is 137 cm³/mol. The molecule has 3 aromatic rings. The Balaban J connectivity index is 1.67. The highest BCUT2D eigenvalue weighted by atomic mass is 35.5. The number of carbonyl (C=O) groups excluding carboxylic acids is 2. The number of hydrogen-bond donors (Lipinski definition) is 3. The summed E-state index contributed by atoms with van der Waals surface area (Å²) in [6, 6.07) is 14.3. The van der Waals surface area contributed by atoms with E-state index >= 15 is 0 Å². The van der Waals surface area contributed by atoms with Crippen LogP contribution in [0.5, 0.6) is 0 Å². The zero-order valence-corrected chi connectivity index (χ0v) is 20.8. The average Bonchev–Trinajstić information content (AvgIpc) is 2.83. The maximum Gasteiger partial charge on any atom is 0.416 e. The van der Waals surface area contributed by atoms with Crippen molar-refractivity contribution in [3.05, 3.63) is 87.4 Å². The number of carbonyl (C=O) groups is 2. The molecule has 0 radical (unpaired) electrons. The molecule has 0 fully saturated rings. The Kier molecular flexibility index (Phi) is 9.31. The average molecular weight is 560 g/mol. The number of hydrogen-bond acceptors (Lipinski definition) is 2. The van der Waals surface area contributed by atoms with Crippen molar-refractivity contribution < 1.29 is 22.8 Å². The van der Waals surface area contributed by atoms with Gasteiger partial charge in [-0.15, -0.1) is 0 Å². The quantitative estimate of drug-likeness (QED) is 0.257. The van der Waals surface area contributed by atoms with Gasteiger partial charge in [-0.3, -0.25) is 4.90 Å². The van der Waals surface area contributed by atoms with E-state index in [1.165, 1.54) is 12.1 Å². The number of halogens is 6. The van der Waals surface area contributed by atoms with Crippen molar-refractivity contribution in [1.29, 1.82) is 0 Å². The molecule has 3 aromatic carbocycles. The van der Waals surface area contributed by atoms with Crippen LogP contribution in [-0.4, -0.2) is 25.2 Å². The lowest BCUT2D eigenvalue weighted by Gasteiger charge is -2.24. The van der Waals surface area contributed by atoms with Crippen LogP contribution in [0, 0.1) is 0 Å². The minimum atomic E-state index is -4.57. The second kappa shape index (κ2) is 12.2. The van der Waals surface area contributed by atoms with Gasteiger partial charge < -0.3 is 16.0 Å². The lowest BCUT2D eigenvalue weighted by Crippen LogP contribution is -2.38. The van der Waals surface area contributed by atoms with E-state index in [1.54, 1.807) is 42.5 Å². The summed E-state index contributed by atoms with van der Waals surface area (Å²) < 4.78 is 39.7. The summed E-state index contributed by atoms with van der Waals surface area (Å²) in [5.41, 5.74) is -0.112. The molecule has 12 heteroatoms. The maximum absolute atomic E-state index is 13.2. The minimum absolute atomic E-state index is 0.0128. The van der Waals surface area contributed by atoms with Gasteiger partial charge in [0.05, 0.1) is 21.3 Å². The summed E-state index contributed by atoms with van der Waals surface area (Å²) in [4.78, 5) is 26.3. The number of alkyl halides is 3. The molecular formula is C24H20Cl3F3N4O2. The van der Waals surface area contributed by atoms with Crippen LogP contribution in [-0.2, 0) is 6.18 Å². The van der Waals surface area contributed by atoms with E-state index in [4.69, 9.17) is 34.8 Å². The molecule has 0 atom stereocenters. The van der Waals surface area contributed by atoms with E-state index in [-0.39, 0.29) is 35.2 Å². The highest BCUT2D eigenvalue weighted by molar-refractivity contribution is 6.44. The Hall–Kier alpha value is -3.14. The molecule has 3 N–H and O–H groups in total. The molecule has 0 aromatic heterocycles. The Bertz CT molecular complexity index is 1220. The fourth-order valence-corrected chi connectivity index (χ4v) is 3.60. The molecule has 0 aliphatic heterocycles. The fraction of sp³-hybridized carbons (Fsp3) is 0.167. The van der Waals surface area contributed by atoms with Crippen LogP contribution in [0.3, 0.4) is 0 Å². The molecule has 0 saturated carbocycles. The molecule has 0 unspecified atom stereocenters. The Morgan fingerprint density at radius 3 is 2.28 bits per heavy atom. The van der Waals surface area contributed by atoms with Gasteiger partial charge in [0, 0.05) is 29.5 Å². The zero-order chi connectivity index (χ0) is 26.3. The topological polar surface area (TPSA) is 73.5 Å². The van der Waals surface area contributed by atoms with E-state index in [0.717, 1.165) is 17.0 Å². The van der Waals surface area contributed by atoms with E-state index < -0.39 is 23.8 Å². The van der Waals surface area contributed by atoms with Crippen molar-refractivity contribution in [3.63, 3.8) is 0 Å². The molecule has 4 amide bonds. The smallest absolute Gasteiger partial charge is 0.338 e. The van der Waals surface area contributed by atoms with Crippen molar-refractivity contribution >= 4 is 63.9 Å². The van der Waals surface area contributed by atoms with Gasteiger partial charge in [0.2, 0.25) is 0 Å². The second-order valence-corrected chi connectivity index (χ2v) is 8.69. The van der Waals surface area contributed by atoms with Crippen molar-refractivity contribution in [2.75, 3.05) is 28.6 Å². The normalized spacial score (nSPS) is 11.1. The van der Waals surface area contributed by atoms with Gasteiger partial charge in [-0.25, -0.2) is 9.59 Å². The molecule has 0 bridgehead atoms. The monoisotopic (exact) mass is 558 g/mol. The number of anilines is 3. The van der Waals surface area contributed by atoms with Crippen LogP contribution in [0.2, 0.25) is 15.1 Å². The van der Waals surface area contributed by atoms with E-state index in [2.05, 4.69) is 16.0 Å². The third-order valence-corrected chi connectivity index (χ3v) is 5.94. The maximum atomic E-state index is 13.2. The van der Waals surface area contributed by atoms with E-state index in [9.17, 15) is 22.8 Å². The first kappa shape index (κ1) is 27.4. The number of nitrogens with one attached hydrogen (secondary N) is 3.